The third-order valence-corrected chi connectivity index (χ3v) is 4.12. The Bertz CT molecular complexity index is 714. The fourth-order valence-corrected chi connectivity index (χ4v) is 2.74. The van der Waals surface area contributed by atoms with Gasteiger partial charge in [-0.2, -0.15) is 0 Å². The van der Waals surface area contributed by atoms with Gasteiger partial charge in [0, 0.05) is 11.1 Å². The number of rotatable bonds is 2. The lowest BCUT2D eigenvalue weighted by atomic mass is 10.0. The van der Waals surface area contributed by atoms with Gasteiger partial charge in [0.1, 0.15) is 5.82 Å². The van der Waals surface area contributed by atoms with Gasteiger partial charge in [0.05, 0.1) is 25.7 Å². The van der Waals surface area contributed by atoms with Gasteiger partial charge in [0.2, 0.25) is 0 Å². The van der Waals surface area contributed by atoms with E-state index in [9.17, 15) is 9.18 Å². The molecule has 0 bridgehead atoms. The Balaban J connectivity index is 2.68. The summed E-state index contributed by atoms with van der Waals surface area (Å²) in [5.74, 6) is -0.696. The number of hydrogen-bond acceptors (Lipinski definition) is 1. The van der Waals surface area contributed by atoms with Crippen LogP contribution < -0.4 is 0 Å². The van der Waals surface area contributed by atoms with Crippen molar-refractivity contribution in [1.82, 2.24) is 0 Å². The summed E-state index contributed by atoms with van der Waals surface area (Å²) < 4.78 is 14.1. The van der Waals surface area contributed by atoms with Crippen LogP contribution in [0.4, 0.5) is 4.39 Å². The molecule has 0 fully saturated rings. The van der Waals surface area contributed by atoms with Crippen LogP contribution in [0.15, 0.2) is 24.3 Å². The summed E-state index contributed by atoms with van der Waals surface area (Å²) in [6.45, 7) is 0. The Kier molecular flexibility index (Phi) is 4.83. The number of carbonyl (C=O) groups is 1. The minimum absolute atomic E-state index is 0.0172. The van der Waals surface area contributed by atoms with Crippen LogP contribution in [0.5, 0.6) is 0 Å². The predicted octanol–water partition coefficient (Wildman–Crippen LogP) is 6.49. The third kappa shape index (κ3) is 3.05. The van der Waals surface area contributed by atoms with Crippen molar-refractivity contribution in [2.45, 2.75) is 0 Å². The average molecular weight is 372 g/mol. The molecule has 0 aliphatic rings. The molecule has 0 saturated heterocycles. The molecule has 0 aromatic heterocycles. The first-order chi connectivity index (χ1) is 9.31. The second-order valence-corrected chi connectivity index (χ2v) is 5.80. The largest absolute Gasteiger partial charge is 0.276 e. The van der Waals surface area contributed by atoms with Gasteiger partial charge in [0.25, 0.3) is 5.24 Å². The lowest BCUT2D eigenvalue weighted by molar-refractivity contribution is 0.108. The molecule has 20 heavy (non-hydrogen) atoms. The zero-order chi connectivity index (χ0) is 15.0. The molecule has 7 heteroatoms. The van der Waals surface area contributed by atoms with Crippen LogP contribution in [0.1, 0.15) is 10.4 Å². The maximum Gasteiger partial charge on any atom is 0.253 e. The smallest absolute Gasteiger partial charge is 0.253 e. The van der Waals surface area contributed by atoms with Gasteiger partial charge in [-0.05, 0) is 35.9 Å². The van der Waals surface area contributed by atoms with Gasteiger partial charge < -0.3 is 0 Å². The molecule has 2 aromatic carbocycles. The molecule has 104 valence electrons. The van der Waals surface area contributed by atoms with Crippen molar-refractivity contribution in [2.24, 2.45) is 0 Å². The van der Waals surface area contributed by atoms with E-state index in [-0.39, 0.29) is 31.2 Å². The predicted molar refractivity (Wildman–Crippen MR) is 82.1 cm³/mol. The van der Waals surface area contributed by atoms with Crippen molar-refractivity contribution < 1.29 is 9.18 Å². The quantitative estimate of drug-likeness (QED) is 0.435. The van der Waals surface area contributed by atoms with Gasteiger partial charge in [-0.15, -0.1) is 0 Å². The van der Waals surface area contributed by atoms with Crippen LogP contribution in [-0.4, -0.2) is 5.24 Å². The van der Waals surface area contributed by atoms with Crippen molar-refractivity contribution in [3.63, 3.8) is 0 Å². The molecule has 0 unspecified atom stereocenters. The van der Waals surface area contributed by atoms with Gasteiger partial charge in [-0.25, -0.2) is 4.39 Å². The van der Waals surface area contributed by atoms with Crippen molar-refractivity contribution in [3.8, 4) is 11.1 Å². The molecule has 2 rings (SSSR count). The number of benzene rings is 2. The summed E-state index contributed by atoms with van der Waals surface area (Å²) in [4.78, 5) is 11.1. The molecule has 0 aliphatic carbocycles. The fourth-order valence-electron chi connectivity index (χ4n) is 1.63. The van der Waals surface area contributed by atoms with Crippen molar-refractivity contribution in [3.05, 3.63) is 55.7 Å². The van der Waals surface area contributed by atoms with Crippen LogP contribution in [0.3, 0.4) is 0 Å². The van der Waals surface area contributed by atoms with E-state index in [1.54, 1.807) is 0 Å². The summed E-state index contributed by atoms with van der Waals surface area (Å²) in [5.41, 5.74) is 0.292. The van der Waals surface area contributed by atoms with Gasteiger partial charge in [0.15, 0.2) is 0 Å². The minimum Gasteiger partial charge on any atom is -0.276 e. The second kappa shape index (κ2) is 6.08. The molecule has 0 heterocycles. The number of halogens is 6. The van der Waals surface area contributed by atoms with E-state index in [1.165, 1.54) is 18.2 Å². The van der Waals surface area contributed by atoms with Crippen molar-refractivity contribution in [2.75, 3.05) is 0 Å². The second-order valence-electron chi connectivity index (χ2n) is 3.83. The number of carbonyl (C=O) groups excluding carboxylic acids is 1. The highest BCUT2D eigenvalue weighted by atomic mass is 35.5. The number of hydrogen-bond donors (Lipinski definition) is 0. The Labute approximate surface area is 139 Å². The monoisotopic (exact) mass is 370 g/mol. The molecule has 2 aromatic rings. The Morgan fingerprint density at radius 3 is 1.95 bits per heavy atom. The normalized spacial score (nSPS) is 10.7. The fraction of sp³-hybridized carbons (Fsp3) is 0. The minimum atomic E-state index is -0.847. The molecular weight excluding hydrogens is 368 g/mol. The summed E-state index contributed by atoms with van der Waals surface area (Å²) in [6.07, 6.45) is 0. The molecule has 1 nitrogen and oxygen atoms in total. The van der Waals surface area contributed by atoms with Crippen LogP contribution in [0.25, 0.3) is 11.1 Å². The average Bonchev–Trinajstić information content (AvgIpc) is 2.36. The molecule has 0 N–H and O–H groups in total. The maximum atomic E-state index is 14.1. The highest BCUT2D eigenvalue weighted by Crippen LogP contribution is 2.38. The first-order valence-corrected chi connectivity index (χ1v) is 7.04. The van der Waals surface area contributed by atoms with Crippen molar-refractivity contribution >= 4 is 63.2 Å². The molecule has 0 radical (unpaired) electrons. The highest BCUT2D eigenvalue weighted by molar-refractivity contribution is 6.68. The van der Waals surface area contributed by atoms with E-state index in [0.29, 0.717) is 5.56 Å². The highest BCUT2D eigenvalue weighted by Gasteiger charge is 2.17. The topological polar surface area (TPSA) is 17.1 Å². The molecular formula is C13H4Cl5FO. The van der Waals surface area contributed by atoms with Crippen LogP contribution in [-0.2, 0) is 0 Å². The van der Waals surface area contributed by atoms with E-state index < -0.39 is 11.1 Å². The summed E-state index contributed by atoms with van der Waals surface area (Å²) >= 11 is 28.9. The van der Waals surface area contributed by atoms with Gasteiger partial charge >= 0.3 is 0 Å². The zero-order valence-electron chi connectivity index (χ0n) is 9.49. The van der Waals surface area contributed by atoms with E-state index in [2.05, 4.69) is 0 Å². The Hall–Kier alpha value is -0.510. The van der Waals surface area contributed by atoms with Crippen LogP contribution in [0.2, 0.25) is 20.1 Å². The molecule has 0 spiro atoms. The molecule has 0 atom stereocenters. The molecule has 0 amide bonds. The van der Waals surface area contributed by atoms with Crippen molar-refractivity contribution in [1.29, 1.82) is 0 Å². The first kappa shape index (κ1) is 15.9. The van der Waals surface area contributed by atoms with E-state index in [0.717, 1.165) is 6.07 Å². The SMILES string of the molecule is O=C(Cl)c1cc(F)c(-c2cc(Cl)c(Cl)cc2Cl)cc1Cl. The summed E-state index contributed by atoms with van der Waals surface area (Å²) in [5, 5.41) is -0.151. The van der Waals surface area contributed by atoms with E-state index >= 15 is 0 Å². The van der Waals surface area contributed by atoms with Crippen LogP contribution >= 0.6 is 58.0 Å². The third-order valence-electron chi connectivity index (χ3n) is 2.57. The lowest BCUT2D eigenvalue weighted by Gasteiger charge is -2.10. The Morgan fingerprint density at radius 2 is 1.35 bits per heavy atom. The lowest BCUT2D eigenvalue weighted by Crippen LogP contribution is -1.95. The van der Waals surface area contributed by atoms with Gasteiger partial charge in [-0.3, -0.25) is 4.79 Å². The maximum absolute atomic E-state index is 14.1. The van der Waals surface area contributed by atoms with Crippen LogP contribution in [0, 0.1) is 5.82 Å². The summed E-state index contributed by atoms with van der Waals surface area (Å²) in [6, 6.07) is 5.03. The van der Waals surface area contributed by atoms with E-state index in [1.807, 2.05) is 0 Å². The summed E-state index contributed by atoms with van der Waals surface area (Å²) in [7, 11) is 0. The molecule has 0 saturated carbocycles. The molecule has 0 aliphatic heterocycles. The Morgan fingerprint density at radius 1 is 0.800 bits per heavy atom. The van der Waals surface area contributed by atoms with E-state index in [4.69, 9.17) is 58.0 Å². The standard InChI is InChI=1S/C13H4Cl5FO/c14-8-2-6(12(19)3-7(8)13(18)20)5-1-10(16)11(17)4-9(5)15/h1-4H. The first-order valence-electron chi connectivity index (χ1n) is 5.15. The van der Waals surface area contributed by atoms with Gasteiger partial charge in [-0.1, -0.05) is 46.4 Å². The zero-order valence-corrected chi connectivity index (χ0v) is 13.3.